The molecular weight excluding hydrogens is 420 g/mol. The highest BCUT2D eigenvalue weighted by molar-refractivity contribution is 6.01. The number of piperidine rings is 1. The molecule has 10 heteroatoms. The highest BCUT2D eigenvalue weighted by Gasteiger charge is 2.45. The lowest BCUT2D eigenvalue weighted by Gasteiger charge is -2.29. The van der Waals surface area contributed by atoms with Crippen molar-refractivity contribution >= 4 is 23.9 Å². The van der Waals surface area contributed by atoms with Gasteiger partial charge in [-0.25, -0.2) is 9.18 Å². The van der Waals surface area contributed by atoms with Crippen molar-refractivity contribution < 1.29 is 36.7 Å². The molecule has 0 aliphatic carbocycles. The third-order valence-electron chi connectivity index (χ3n) is 4.47. The fourth-order valence-electron chi connectivity index (χ4n) is 2.90. The Kier molecular flexibility index (Phi) is 6.47. The van der Waals surface area contributed by atoms with Crippen molar-refractivity contribution in [2.45, 2.75) is 25.1 Å². The van der Waals surface area contributed by atoms with Gasteiger partial charge in [0.15, 0.2) is 6.10 Å². The van der Waals surface area contributed by atoms with Crippen molar-refractivity contribution in [3.8, 4) is 11.3 Å². The molecule has 1 unspecified atom stereocenters. The molecule has 162 valence electrons. The van der Waals surface area contributed by atoms with Gasteiger partial charge in [0.05, 0.1) is 5.69 Å². The Morgan fingerprint density at radius 3 is 2.48 bits per heavy atom. The number of hydrogen-bond donors (Lipinski definition) is 0. The summed E-state index contributed by atoms with van der Waals surface area (Å²) in [4.78, 5) is 40.2. The van der Waals surface area contributed by atoms with Gasteiger partial charge in [0, 0.05) is 31.1 Å². The van der Waals surface area contributed by atoms with Gasteiger partial charge in [-0.1, -0.05) is 18.2 Å². The number of rotatable bonds is 5. The minimum Gasteiger partial charge on any atom is -0.446 e. The number of pyridine rings is 1. The average Bonchev–Trinajstić information content (AvgIpc) is 2.73. The normalized spacial score (nSPS) is 17.3. The summed E-state index contributed by atoms with van der Waals surface area (Å²) >= 11 is 0. The lowest BCUT2D eigenvalue weighted by atomic mass is 10.1. The topological polar surface area (TPSA) is 76.6 Å². The summed E-state index contributed by atoms with van der Waals surface area (Å²) in [6.07, 6.45) is -2.82. The summed E-state index contributed by atoms with van der Waals surface area (Å²) < 4.78 is 54.3. The molecule has 2 heterocycles. The molecule has 1 fully saturated rings. The van der Waals surface area contributed by atoms with E-state index in [1.807, 2.05) is 0 Å². The van der Waals surface area contributed by atoms with Crippen LogP contribution in [-0.4, -0.2) is 46.5 Å². The van der Waals surface area contributed by atoms with Crippen molar-refractivity contribution in [2.24, 2.45) is 0 Å². The molecule has 0 N–H and O–H groups in total. The molecule has 0 radical (unpaired) electrons. The van der Waals surface area contributed by atoms with Crippen LogP contribution < -0.4 is 0 Å². The third kappa shape index (κ3) is 5.53. The Morgan fingerprint density at radius 2 is 1.87 bits per heavy atom. The number of benzene rings is 1. The molecule has 2 aromatic rings. The largest absolute Gasteiger partial charge is 0.490 e. The van der Waals surface area contributed by atoms with Crippen LogP contribution in [0.4, 0.5) is 17.6 Å². The monoisotopic (exact) mass is 436 g/mol. The van der Waals surface area contributed by atoms with E-state index in [-0.39, 0.29) is 25.2 Å². The van der Waals surface area contributed by atoms with Crippen LogP contribution in [0.25, 0.3) is 17.3 Å². The van der Waals surface area contributed by atoms with Crippen LogP contribution in [0.15, 0.2) is 48.7 Å². The molecule has 1 aromatic heterocycles. The number of carbonyl (C=O) groups excluding carboxylic acids is 3. The first-order valence-electron chi connectivity index (χ1n) is 9.15. The molecule has 0 spiro atoms. The van der Waals surface area contributed by atoms with E-state index in [9.17, 15) is 31.9 Å². The van der Waals surface area contributed by atoms with E-state index >= 15 is 0 Å². The molecule has 1 aliphatic rings. The van der Waals surface area contributed by atoms with E-state index in [4.69, 9.17) is 0 Å². The Morgan fingerprint density at radius 1 is 1.16 bits per heavy atom. The van der Waals surface area contributed by atoms with Crippen molar-refractivity contribution in [3.63, 3.8) is 0 Å². The molecule has 1 aliphatic heterocycles. The number of imide groups is 1. The lowest BCUT2D eigenvalue weighted by Crippen LogP contribution is -2.50. The number of amides is 2. The Bertz CT molecular complexity index is 1000. The number of alkyl halides is 3. The van der Waals surface area contributed by atoms with Crippen molar-refractivity contribution in [1.82, 2.24) is 9.88 Å². The van der Waals surface area contributed by atoms with Gasteiger partial charge >= 0.3 is 12.1 Å². The average molecular weight is 436 g/mol. The van der Waals surface area contributed by atoms with E-state index in [0.29, 0.717) is 11.3 Å². The lowest BCUT2D eigenvalue weighted by molar-refractivity contribution is -0.207. The molecule has 0 saturated carbocycles. The smallest absolute Gasteiger partial charge is 0.446 e. The van der Waals surface area contributed by atoms with Crippen LogP contribution >= 0.6 is 0 Å². The van der Waals surface area contributed by atoms with Crippen LogP contribution in [0.5, 0.6) is 0 Å². The number of esters is 1. The minimum absolute atomic E-state index is 0.197. The summed E-state index contributed by atoms with van der Waals surface area (Å²) in [7, 11) is 0. The summed E-state index contributed by atoms with van der Waals surface area (Å²) in [5.41, 5.74) is 1.98. The number of carbonyl (C=O) groups is 3. The van der Waals surface area contributed by atoms with Gasteiger partial charge in [0.1, 0.15) is 5.82 Å². The predicted octanol–water partition coefficient (Wildman–Crippen LogP) is 3.52. The van der Waals surface area contributed by atoms with Gasteiger partial charge in [0.25, 0.3) is 5.91 Å². The minimum atomic E-state index is -5.22. The van der Waals surface area contributed by atoms with Crippen LogP contribution in [0.3, 0.4) is 0 Å². The number of likely N-dealkylation sites (tertiary alicyclic amines) is 1. The van der Waals surface area contributed by atoms with Gasteiger partial charge in [-0.3, -0.25) is 19.5 Å². The molecule has 3 rings (SSSR count). The Labute approximate surface area is 174 Å². The molecule has 1 aromatic carbocycles. The van der Waals surface area contributed by atoms with Crippen molar-refractivity contribution in [1.29, 1.82) is 0 Å². The SMILES string of the molecule is O=C1CCC(OC(=O)C(F)(F)F)C(=O)N1C/C=C/c1ccc(-c2ccc(F)cc2)nc1. The highest BCUT2D eigenvalue weighted by Crippen LogP contribution is 2.22. The number of halogens is 4. The molecule has 2 amide bonds. The van der Waals surface area contributed by atoms with Crippen molar-refractivity contribution in [2.75, 3.05) is 6.54 Å². The molecule has 1 atom stereocenters. The van der Waals surface area contributed by atoms with Crippen LogP contribution in [-0.2, 0) is 19.1 Å². The van der Waals surface area contributed by atoms with Gasteiger partial charge in [-0.2, -0.15) is 13.2 Å². The maximum atomic E-state index is 13.0. The van der Waals surface area contributed by atoms with Gasteiger partial charge in [-0.05, 0) is 35.9 Å². The zero-order chi connectivity index (χ0) is 22.6. The van der Waals surface area contributed by atoms with Gasteiger partial charge in [0.2, 0.25) is 5.91 Å². The second-order valence-electron chi connectivity index (χ2n) is 6.66. The quantitative estimate of drug-likeness (QED) is 0.407. The van der Waals surface area contributed by atoms with E-state index in [1.54, 1.807) is 30.3 Å². The molecular formula is C21H16F4N2O4. The second-order valence-corrected chi connectivity index (χ2v) is 6.66. The summed E-state index contributed by atoms with van der Waals surface area (Å²) in [6, 6.07) is 9.23. The third-order valence-corrected chi connectivity index (χ3v) is 4.47. The van der Waals surface area contributed by atoms with Crippen LogP contribution in [0.2, 0.25) is 0 Å². The van der Waals surface area contributed by atoms with Gasteiger partial charge in [-0.15, -0.1) is 0 Å². The molecule has 0 bridgehead atoms. The molecule has 6 nitrogen and oxygen atoms in total. The van der Waals surface area contributed by atoms with E-state index in [0.717, 1.165) is 10.5 Å². The zero-order valence-corrected chi connectivity index (χ0v) is 15.9. The Balaban J connectivity index is 1.62. The fraction of sp³-hybridized carbons (Fsp3) is 0.238. The standard InChI is InChI=1S/C21H16F4N2O4/c22-15-6-4-14(5-7-15)16-8-3-13(12-26-16)2-1-11-27-18(28)10-9-17(19(27)29)31-20(30)21(23,24)25/h1-8,12,17H,9-11H2/b2-1+. The first-order valence-corrected chi connectivity index (χ1v) is 9.15. The fourth-order valence-corrected chi connectivity index (χ4v) is 2.90. The molecule has 31 heavy (non-hydrogen) atoms. The summed E-state index contributed by atoms with van der Waals surface area (Å²) in [5, 5.41) is 0. The summed E-state index contributed by atoms with van der Waals surface area (Å²) in [5.74, 6) is -4.40. The summed E-state index contributed by atoms with van der Waals surface area (Å²) in [6.45, 7) is -0.197. The highest BCUT2D eigenvalue weighted by atomic mass is 19.4. The number of nitrogens with zero attached hydrogens (tertiary/aromatic N) is 2. The maximum Gasteiger partial charge on any atom is 0.490 e. The number of ether oxygens (including phenoxy) is 1. The van der Waals surface area contributed by atoms with Crippen molar-refractivity contribution in [3.05, 3.63) is 60.1 Å². The van der Waals surface area contributed by atoms with E-state index in [2.05, 4.69) is 9.72 Å². The number of aromatic nitrogens is 1. The molecule has 1 saturated heterocycles. The van der Waals surface area contributed by atoms with Gasteiger partial charge < -0.3 is 4.74 Å². The zero-order valence-electron chi connectivity index (χ0n) is 15.9. The van der Waals surface area contributed by atoms with Crippen LogP contribution in [0, 0.1) is 5.82 Å². The van der Waals surface area contributed by atoms with E-state index < -0.39 is 30.1 Å². The Hall–Kier alpha value is -3.56. The van der Waals surface area contributed by atoms with E-state index in [1.165, 1.54) is 24.4 Å². The first-order chi connectivity index (χ1) is 14.6. The number of hydrogen-bond acceptors (Lipinski definition) is 5. The second kappa shape index (κ2) is 9.07. The predicted molar refractivity (Wildman–Crippen MR) is 101 cm³/mol. The first kappa shape index (κ1) is 22.1. The maximum absolute atomic E-state index is 13.0. The van der Waals surface area contributed by atoms with Crippen LogP contribution in [0.1, 0.15) is 18.4 Å².